The normalized spacial score (nSPS) is 17.7. The fraction of sp³-hybridized carbons (Fsp3) is 0.833. The molecule has 82 valence electrons. The van der Waals surface area contributed by atoms with Gasteiger partial charge in [-0.05, 0) is 0 Å². The van der Waals surface area contributed by atoms with Crippen LogP contribution in [-0.4, -0.2) is 67.6 Å². The van der Waals surface area contributed by atoms with Gasteiger partial charge in [-0.15, -0.1) is 0 Å². The van der Waals surface area contributed by atoms with Crippen LogP contribution < -0.4 is 29.6 Å². The molecule has 0 aromatic carbocycles. The van der Waals surface area contributed by atoms with Crippen LogP contribution in [0.3, 0.4) is 0 Å². The van der Waals surface area contributed by atoms with E-state index in [9.17, 15) is 4.79 Å². The number of carboxylic acids is 1. The van der Waals surface area contributed by atoms with Crippen molar-refractivity contribution in [1.29, 1.82) is 0 Å². The first kappa shape index (κ1) is 21.2. The topological polar surface area (TPSA) is 138 Å². The second kappa shape index (κ2) is 10.1. The van der Waals surface area contributed by atoms with Gasteiger partial charge in [-0.25, -0.2) is 4.79 Å². The third kappa shape index (κ3) is 6.94. The second-order valence-corrected chi connectivity index (χ2v) is 2.51. The largest absolute Gasteiger partial charge is 1.00 e. The van der Waals surface area contributed by atoms with Crippen molar-refractivity contribution in [3.8, 4) is 0 Å². The quantitative estimate of drug-likeness (QED) is 0.276. The van der Waals surface area contributed by atoms with E-state index in [1.165, 1.54) is 0 Å². The zero-order valence-electron chi connectivity index (χ0n) is 9.32. The Morgan fingerprint density at radius 2 is 1.53 bits per heavy atom. The second-order valence-electron chi connectivity index (χ2n) is 2.51. The summed E-state index contributed by atoms with van der Waals surface area (Å²) in [5.74, 6) is -1.73. The van der Waals surface area contributed by atoms with Crippen LogP contribution in [0.25, 0.3) is 0 Å². The van der Waals surface area contributed by atoms with E-state index >= 15 is 0 Å². The summed E-state index contributed by atoms with van der Waals surface area (Å²) < 4.78 is 0. The molecule has 0 aliphatic heterocycles. The van der Waals surface area contributed by atoms with E-state index in [1.54, 1.807) is 0 Å². The predicted octanol–water partition coefficient (Wildman–Crippen LogP) is -6.38. The minimum absolute atomic E-state index is 0. The van der Waals surface area contributed by atoms with Gasteiger partial charge in [0.2, 0.25) is 0 Å². The average Bonchev–Trinajstić information content (AvgIpc) is 2.12. The number of rotatable bonds is 5. The molecule has 0 aliphatic rings. The predicted molar refractivity (Wildman–Crippen MR) is 39.9 cm³/mol. The van der Waals surface area contributed by atoms with Crippen molar-refractivity contribution in [2.75, 3.05) is 6.61 Å². The Labute approximate surface area is 122 Å². The summed E-state index contributed by atoms with van der Waals surface area (Å²) >= 11 is 0. The van der Waals surface area contributed by atoms with E-state index < -0.39 is 37.0 Å². The first-order valence-corrected chi connectivity index (χ1v) is 3.47. The molecule has 0 rings (SSSR count). The Kier molecular flexibility index (Phi) is 14.2. The third-order valence-corrected chi connectivity index (χ3v) is 1.51. The molecule has 0 fully saturated rings. The number of hydrogen-bond acceptors (Lipinski definition) is 6. The monoisotopic (exact) mass is 284 g/mol. The van der Waals surface area contributed by atoms with Gasteiger partial charge >= 0.3 is 35.5 Å². The fourth-order valence-electron chi connectivity index (χ4n) is 0.668. The van der Waals surface area contributed by atoms with Gasteiger partial charge in [-0.1, -0.05) is 0 Å². The number of carbonyl (C=O) groups is 1. The molecule has 0 aromatic heterocycles. The molecule has 0 bridgehead atoms. The smallest absolute Gasteiger partial charge is 1.00 e. The van der Waals surface area contributed by atoms with Gasteiger partial charge in [0, 0.05) is 19.5 Å². The van der Waals surface area contributed by atoms with Crippen molar-refractivity contribution >= 4 is 5.97 Å². The first-order chi connectivity index (χ1) is 5.91. The summed E-state index contributed by atoms with van der Waals surface area (Å²) in [6.07, 6.45) is -7.84. The molecular weight excluding hydrogens is 272 g/mol. The Morgan fingerprint density at radius 3 is 1.80 bits per heavy atom. The molecule has 0 spiro atoms. The molecule has 0 aromatic rings. The van der Waals surface area contributed by atoms with Crippen LogP contribution >= 0.6 is 0 Å². The minimum atomic E-state index is -2.20. The molecule has 4 atom stereocenters. The summed E-state index contributed by atoms with van der Waals surface area (Å²) in [6.45, 7) is -0.843. The Bertz CT molecular complexity index is 186. The molecule has 0 aliphatic carbocycles. The summed E-state index contributed by atoms with van der Waals surface area (Å²) in [5, 5.41) is 51.8. The van der Waals surface area contributed by atoms with Crippen molar-refractivity contribution in [3.05, 3.63) is 0 Å². The van der Waals surface area contributed by atoms with Crippen molar-refractivity contribution in [2.24, 2.45) is 0 Å². The van der Waals surface area contributed by atoms with Crippen molar-refractivity contribution in [3.63, 3.8) is 0 Å². The fourth-order valence-corrected chi connectivity index (χ4v) is 0.668. The first-order valence-electron chi connectivity index (χ1n) is 3.47. The van der Waals surface area contributed by atoms with E-state index in [-0.39, 0.29) is 50.5 Å². The van der Waals surface area contributed by atoms with Gasteiger partial charge in [0.1, 0.15) is 18.3 Å². The molecular formula is C6H13NaO7Zn. The summed E-state index contributed by atoms with van der Waals surface area (Å²) in [5.41, 5.74) is 0. The molecule has 0 saturated carbocycles. The maximum absolute atomic E-state index is 10.1. The Morgan fingerprint density at radius 1 is 1.13 bits per heavy atom. The van der Waals surface area contributed by atoms with Crippen LogP contribution in [0.1, 0.15) is 1.43 Å². The van der Waals surface area contributed by atoms with E-state index in [4.69, 9.17) is 30.6 Å². The van der Waals surface area contributed by atoms with E-state index in [0.717, 1.165) is 0 Å². The molecule has 9 heteroatoms. The Balaban J connectivity index is -0.000000240. The average molecular weight is 286 g/mol. The molecule has 6 N–H and O–H groups in total. The molecule has 0 heterocycles. The van der Waals surface area contributed by atoms with Crippen LogP contribution in [0, 0.1) is 0 Å². The van der Waals surface area contributed by atoms with Crippen LogP contribution in [-0.2, 0) is 24.3 Å². The van der Waals surface area contributed by atoms with Crippen LogP contribution in [0.15, 0.2) is 0 Å². The summed E-state index contributed by atoms with van der Waals surface area (Å²) in [6, 6.07) is 0. The molecule has 0 radical (unpaired) electrons. The van der Waals surface area contributed by atoms with Crippen molar-refractivity contribution < 1.29 is 85.9 Å². The van der Waals surface area contributed by atoms with E-state index in [2.05, 4.69) is 0 Å². The zero-order valence-corrected chi connectivity index (χ0v) is 13.3. The third-order valence-electron chi connectivity index (χ3n) is 1.51. The SMILES string of the molecule is O=C(O)[C@H](O)[C@@H](O)[C@H](O)[C@H](O)CO.[H-].[Na+].[Zn]. The molecule has 15 heavy (non-hydrogen) atoms. The minimum Gasteiger partial charge on any atom is -1.00 e. The number of hydrogen-bond donors (Lipinski definition) is 6. The summed E-state index contributed by atoms with van der Waals surface area (Å²) in [7, 11) is 0. The Hall–Kier alpha value is 0.893. The maximum Gasteiger partial charge on any atom is 1.00 e. The van der Waals surface area contributed by atoms with Gasteiger partial charge in [-0.3, -0.25) is 0 Å². The van der Waals surface area contributed by atoms with Crippen LogP contribution in [0.2, 0.25) is 0 Å². The number of aliphatic hydroxyl groups excluding tert-OH is 5. The molecule has 0 saturated heterocycles. The van der Waals surface area contributed by atoms with Crippen molar-refractivity contribution in [2.45, 2.75) is 24.4 Å². The summed E-state index contributed by atoms with van der Waals surface area (Å²) in [4.78, 5) is 10.1. The van der Waals surface area contributed by atoms with Gasteiger partial charge < -0.3 is 32.1 Å². The van der Waals surface area contributed by atoms with Gasteiger partial charge in [0.15, 0.2) is 6.10 Å². The number of carboxylic acid groups (broad SMARTS) is 1. The standard InChI is InChI=1S/C6H12O7.Na.Zn.H/c7-1-2(8)3(9)4(10)5(11)6(12)13;;;/h2-5,7-11H,1H2,(H,12,13);;;/q;+1;;-1/t2-,3-,4+,5-;;;/m1.../s1. The molecule has 7 nitrogen and oxygen atoms in total. The van der Waals surface area contributed by atoms with Gasteiger partial charge in [-0.2, -0.15) is 0 Å². The van der Waals surface area contributed by atoms with E-state index in [0.29, 0.717) is 0 Å². The van der Waals surface area contributed by atoms with E-state index in [1.807, 2.05) is 0 Å². The molecule has 0 amide bonds. The number of aliphatic hydroxyl groups is 5. The van der Waals surface area contributed by atoms with Crippen LogP contribution in [0.4, 0.5) is 0 Å². The van der Waals surface area contributed by atoms with Crippen molar-refractivity contribution in [1.82, 2.24) is 0 Å². The number of aliphatic carboxylic acids is 1. The molecule has 0 unspecified atom stereocenters. The van der Waals surface area contributed by atoms with Crippen LogP contribution in [0.5, 0.6) is 0 Å². The zero-order chi connectivity index (χ0) is 10.6. The van der Waals surface area contributed by atoms with Gasteiger partial charge in [0.25, 0.3) is 0 Å². The van der Waals surface area contributed by atoms with Gasteiger partial charge in [0.05, 0.1) is 6.61 Å². The maximum atomic E-state index is 10.1.